The van der Waals surface area contributed by atoms with Crippen molar-refractivity contribution in [3.8, 4) is 0 Å². The fourth-order valence-electron chi connectivity index (χ4n) is 0.816. The second-order valence-corrected chi connectivity index (χ2v) is 2.41. The lowest BCUT2D eigenvalue weighted by Crippen LogP contribution is -2.13. The lowest BCUT2D eigenvalue weighted by atomic mass is 10.2. The molecule has 0 spiro atoms. The van der Waals surface area contributed by atoms with Gasteiger partial charge in [-0.2, -0.15) is 0 Å². The Morgan fingerprint density at radius 3 is 2.36 bits per heavy atom. The van der Waals surface area contributed by atoms with E-state index in [0.717, 1.165) is 5.56 Å². The molecule has 0 aliphatic heterocycles. The molecule has 0 aromatic heterocycles. The highest BCUT2D eigenvalue weighted by Gasteiger charge is 2.06. The molecular weight excluding hydrogens is 136 g/mol. The third kappa shape index (κ3) is 1.74. The van der Waals surface area contributed by atoms with E-state index >= 15 is 0 Å². The Morgan fingerprint density at radius 2 is 1.91 bits per heavy atom. The summed E-state index contributed by atoms with van der Waals surface area (Å²) in [5, 5.41) is 7.55. The minimum atomic E-state index is 0.436. The van der Waals surface area contributed by atoms with Crippen molar-refractivity contribution < 1.29 is 4.58 Å². The maximum absolute atomic E-state index is 7.55. The fraction of sp³-hybridized carbons (Fsp3) is 0.111. The van der Waals surface area contributed by atoms with E-state index in [2.05, 4.69) is 6.72 Å². The van der Waals surface area contributed by atoms with Gasteiger partial charge in [-0.15, -0.1) is 0 Å². The molecule has 2 heteroatoms. The maximum Gasteiger partial charge on any atom is 0.321 e. The Bertz CT molecular complexity index is 275. The molecule has 56 valence electrons. The van der Waals surface area contributed by atoms with Crippen molar-refractivity contribution >= 4 is 12.6 Å². The van der Waals surface area contributed by atoms with Gasteiger partial charge in [-0.05, 0) is 12.1 Å². The molecule has 0 unspecified atom stereocenters. The van der Waals surface area contributed by atoms with Crippen LogP contribution < -0.4 is 0 Å². The minimum Gasteiger partial charge on any atom is -0.240 e. The van der Waals surface area contributed by atoms with Gasteiger partial charge in [-0.3, -0.25) is 0 Å². The summed E-state index contributed by atoms with van der Waals surface area (Å²) < 4.78 is 1.54. The summed E-state index contributed by atoms with van der Waals surface area (Å²) in [6, 6.07) is 9.54. The van der Waals surface area contributed by atoms with Crippen molar-refractivity contribution in [2.45, 2.75) is 0 Å². The van der Waals surface area contributed by atoms with Gasteiger partial charge in [0.15, 0.2) is 0 Å². The molecule has 2 nitrogen and oxygen atoms in total. The molecule has 1 N–H and O–H groups in total. The molecule has 0 saturated heterocycles. The van der Waals surface area contributed by atoms with Gasteiger partial charge in [0.1, 0.15) is 0 Å². The van der Waals surface area contributed by atoms with Crippen molar-refractivity contribution in [3.05, 3.63) is 35.9 Å². The van der Waals surface area contributed by atoms with Gasteiger partial charge in [0, 0.05) is 0 Å². The zero-order chi connectivity index (χ0) is 8.27. The van der Waals surface area contributed by atoms with Gasteiger partial charge in [0.05, 0.1) is 19.3 Å². The van der Waals surface area contributed by atoms with Crippen LogP contribution in [0.5, 0.6) is 0 Å². The third-order valence-corrected chi connectivity index (χ3v) is 1.43. The number of hydrogen-bond acceptors (Lipinski definition) is 1. The van der Waals surface area contributed by atoms with Crippen LogP contribution in [-0.2, 0) is 0 Å². The SMILES string of the molecule is C=[N+](C)C(=N)c1ccccc1. The van der Waals surface area contributed by atoms with Crippen molar-refractivity contribution in [1.82, 2.24) is 0 Å². The molecule has 0 saturated carbocycles. The topological polar surface area (TPSA) is 26.9 Å². The van der Waals surface area contributed by atoms with Crippen LogP contribution in [-0.4, -0.2) is 24.2 Å². The first-order chi connectivity index (χ1) is 5.22. The zero-order valence-electron chi connectivity index (χ0n) is 6.54. The molecule has 0 aliphatic carbocycles. The van der Waals surface area contributed by atoms with E-state index in [1.807, 2.05) is 30.3 Å². The first-order valence-corrected chi connectivity index (χ1v) is 3.40. The molecule has 0 aliphatic rings. The highest BCUT2D eigenvalue weighted by molar-refractivity contribution is 5.90. The molecule has 0 fully saturated rings. The van der Waals surface area contributed by atoms with Gasteiger partial charge in [-0.25, -0.2) is 4.58 Å². The predicted molar refractivity (Wildman–Crippen MR) is 46.6 cm³/mol. The lowest BCUT2D eigenvalue weighted by molar-refractivity contribution is -0.360. The molecule has 1 rings (SSSR count). The molecule has 0 heterocycles. The van der Waals surface area contributed by atoms with Gasteiger partial charge < -0.3 is 0 Å². The number of amidine groups is 1. The van der Waals surface area contributed by atoms with Crippen LogP contribution in [0, 0.1) is 5.41 Å². The number of rotatable bonds is 1. The van der Waals surface area contributed by atoms with E-state index in [1.54, 1.807) is 7.05 Å². The summed E-state index contributed by atoms with van der Waals surface area (Å²) in [6.45, 7) is 3.62. The summed E-state index contributed by atoms with van der Waals surface area (Å²) in [5.41, 5.74) is 0.894. The highest BCUT2D eigenvalue weighted by Crippen LogP contribution is 1.98. The summed E-state index contributed by atoms with van der Waals surface area (Å²) in [4.78, 5) is 0. The van der Waals surface area contributed by atoms with Crippen molar-refractivity contribution in [2.75, 3.05) is 7.05 Å². The Balaban J connectivity index is 2.95. The van der Waals surface area contributed by atoms with Crippen LogP contribution in [0.15, 0.2) is 30.3 Å². The van der Waals surface area contributed by atoms with E-state index in [1.165, 1.54) is 4.58 Å². The Labute approximate surface area is 66.3 Å². The molecule has 11 heavy (non-hydrogen) atoms. The van der Waals surface area contributed by atoms with Crippen molar-refractivity contribution in [2.24, 2.45) is 0 Å². The maximum atomic E-state index is 7.55. The van der Waals surface area contributed by atoms with E-state index in [-0.39, 0.29) is 0 Å². The van der Waals surface area contributed by atoms with Gasteiger partial charge in [-0.1, -0.05) is 23.6 Å². The van der Waals surface area contributed by atoms with Gasteiger partial charge in [0.25, 0.3) is 0 Å². The normalized spacial score (nSPS) is 9.18. The molecule has 1 aromatic carbocycles. The second kappa shape index (κ2) is 3.10. The van der Waals surface area contributed by atoms with E-state index in [0.29, 0.717) is 5.84 Å². The molecule has 1 aromatic rings. The Morgan fingerprint density at radius 1 is 1.36 bits per heavy atom. The van der Waals surface area contributed by atoms with E-state index in [9.17, 15) is 0 Å². The van der Waals surface area contributed by atoms with Gasteiger partial charge >= 0.3 is 5.84 Å². The quantitative estimate of drug-likeness (QED) is 0.353. The Kier molecular flexibility index (Phi) is 2.16. The van der Waals surface area contributed by atoms with Crippen LogP contribution >= 0.6 is 0 Å². The zero-order valence-corrected chi connectivity index (χ0v) is 6.54. The van der Waals surface area contributed by atoms with Crippen LogP contribution in [0.3, 0.4) is 0 Å². The number of hydrogen-bond donors (Lipinski definition) is 1. The fourth-order valence-corrected chi connectivity index (χ4v) is 0.816. The van der Waals surface area contributed by atoms with E-state index in [4.69, 9.17) is 5.41 Å². The van der Waals surface area contributed by atoms with Crippen molar-refractivity contribution in [1.29, 1.82) is 5.41 Å². The number of nitrogens with zero attached hydrogens (tertiary/aromatic N) is 1. The Hall–Kier alpha value is -1.44. The second-order valence-electron chi connectivity index (χ2n) is 2.41. The molecule has 0 amide bonds. The lowest BCUT2D eigenvalue weighted by Gasteiger charge is -1.95. The first kappa shape index (κ1) is 7.66. The largest absolute Gasteiger partial charge is 0.321 e. The van der Waals surface area contributed by atoms with Gasteiger partial charge in [0.2, 0.25) is 0 Å². The van der Waals surface area contributed by atoms with Crippen LogP contribution in [0.2, 0.25) is 0 Å². The van der Waals surface area contributed by atoms with Crippen LogP contribution in [0.25, 0.3) is 0 Å². The van der Waals surface area contributed by atoms with E-state index < -0.39 is 0 Å². The summed E-state index contributed by atoms with van der Waals surface area (Å²) in [6.07, 6.45) is 0. The summed E-state index contributed by atoms with van der Waals surface area (Å²) in [7, 11) is 1.76. The van der Waals surface area contributed by atoms with Crippen LogP contribution in [0.1, 0.15) is 5.56 Å². The first-order valence-electron chi connectivity index (χ1n) is 3.40. The monoisotopic (exact) mass is 147 g/mol. The molecule has 0 radical (unpaired) electrons. The average Bonchev–Trinajstić information content (AvgIpc) is 2.05. The molecule has 0 bridgehead atoms. The molecular formula is C9H11N2+. The van der Waals surface area contributed by atoms with Crippen LogP contribution in [0.4, 0.5) is 0 Å². The third-order valence-electron chi connectivity index (χ3n) is 1.43. The predicted octanol–water partition coefficient (Wildman–Crippen LogP) is 1.35. The standard InChI is InChI=1S/C9H11N2/c1-11(2)9(10)8-6-4-3-5-7-8/h3-7,10H,1H2,2H3/q+1. The highest BCUT2D eigenvalue weighted by atomic mass is 15.0. The number of nitrogens with one attached hydrogen (secondary N) is 1. The summed E-state index contributed by atoms with van der Waals surface area (Å²) in [5.74, 6) is 0.436. The molecule has 0 atom stereocenters. The summed E-state index contributed by atoms with van der Waals surface area (Å²) >= 11 is 0. The number of benzene rings is 1. The smallest absolute Gasteiger partial charge is 0.240 e. The minimum absolute atomic E-state index is 0.436. The van der Waals surface area contributed by atoms with Crippen molar-refractivity contribution in [3.63, 3.8) is 0 Å². The average molecular weight is 147 g/mol.